The monoisotopic (exact) mass is 539 g/mol. The molecular weight excluding hydrogens is 506 g/mol. The van der Waals surface area contributed by atoms with E-state index in [1.807, 2.05) is 54.7 Å². The molecule has 4 heterocycles. The van der Waals surface area contributed by atoms with Crippen molar-refractivity contribution in [2.24, 2.45) is 0 Å². The van der Waals surface area contributed by atoms with Crippen molar-refractivity contribution in [3.8, 4) is 5.75 Å². The van der Waals surface area contributed by atoms with Gasteiger partial charge in [0, 0.05) is 56.9 Å². The van der Waals surface area contributed by atoms with Gasteiger partial charge in [0.2, 0.25) is 11.8 Å². The second-order valence-corrected chi connectivity index (χ2v) is 10.7. The van der Waals surface area contributed by atoms with Gasteiger partial charge in [-0.1, -0.05) is 36.4 Å². The Labute approximate surface area is 233 Å². The molecule has 2 fully saturated rings. The van der Waals surface area contributed by atoms with Crippen LogP contribution in [0.15, 0.2) is 72.9 Å². The molecule has 206 valence electrons. The summed E-state index contributed by atoms with van der Waals surface area (Å²) in [5, 5.41) is 6.07. The van der Waals surface area contributed by atoms with Crippen LogP contribution in [0.3, 0.4) is 0 Å². The van der Waals surface area contributed by atoms with Gasteiger partial charge in [-0.3, -0.25) is 29.6 Å². The van der Waals surface area contributed by atoms with E-state index in [4.69, 9.17) is 4.74 Å². The number of likely N-dealkylation sites (tertiary alicyclic amines) is 1. The Morgan fingerprint density at radius 3 is 2.65 bits per heavy atom. The van der Waals surface area contributed by atoms with Crippen LogP contribution in [0.4, 0.5) is 0 Å². The highest BCUT2D eigenvalue weighted by atomic mass is 16.5. The number of rotatable bonds is 8. The summed E-state index contributed by atoms with van der Waals surface area (Å²) in [5.74, 6) is -0.178. The predicted octanol–water partition coefficient (Wildman–Crippen LogP) is 2.65. The fourth-order valence-corrected chi connectivity index (χ4v) is 5.84. The number of carbonyl (C=O) groups excluding carboxylic acids is 3. The predicted molar refractivity (Wildman–Crippen MR) is 148 cm³/mol. The topological polar surface area (TPSA) is 104 Å². The maximum Gasteiger partial charge on any atom is 0.255 e. The van der Waals surface area contributed by atoms with Crippen molar-refractivity contribution >= 4 is 17.7 Å². The quantitative estimate of drug-likeness (QED) is 0.424. The van der Waals surface area contributed by atoms with E-state index in [2.05, 4.69) is 32.7 Å². The number of imide groups is 1. The lowest BCUT2D eigenvalue weighted by molar-refractivity contribution is -0.136. The summed E-state index contributed by atoms with van der Waals surface area (Å²) in [6, 6.07) is 21.4. The number of hydrogen-bond donors (Lipinski definition) is 2. The summed E-state index contributed by atoms with van der Waals surface area (Å²) in [7, 11) is 0. The minimum Gasteiger partial charge on any atom is -0.487 e. The third kappa shape index (κ3) is 5.76. The first-order valence-electron chi connectivity index (χ1n) is 13.9. The Morgan fingerprint density at radius 2 is 1.85 bits per heavy atom. The lowest BCUT2D eigenvalue weighted by atomic mass is 10.0. The van der Waals surface area contributed by atoms with E-state index in [1.165, 1.54) is 5.56 Å². The molecule has 0 aliphatic carbocycles. The Bertz CT molecular complexity index is 1380. The molecule has 6 rings (SSSR count). The Hall–Kier alpha value is -4.08. The number of ether oxygens (including phenoxy) is 1. The van der Waals surface area contributed by atoms with Crippen LogP contribution in [-0.4, -0.2) is 63.8 Å². The first-order valence-corrected chi connectivity index (χ1v) is 13.9. The largest absolute Gasteiger partial charge is 0.487 e. The molecule has 3 aliphatic heterocycles. The van der Waals surface area contributed by atoms with Crippen LogP contribution in [0.25, 0.3) is 0 Å². The number of nitrogens with one attached hydrogen (secondary N) is 2. The van der Waals surface area contributed by atoms with Crippen molar-refractivity contribution in [1.29, 1.82) is 0 Å². The number of aromatic nitrogens is 1. The van der Waals surface area contributed by atoms with Crippen molar-refractivity contribution in [3.05, 3.63) is 95.3 Å². The molecule has 3 aliphatic rings. The minimum absolute atomic E-state index is 0.109. The normalized spacial score (nSPS) is 23.1. The van der Waals surface area contributed by atoms with Gasteiger partial charge in [0.25, 0.3) is 5.91 Å². The second-order valence-electron chi connectivity index (χ2n) is 10.7. The highest BCUT2D eigenvalue weighted by Crippen LogP contribution is 2.31. The van der Waals surface area contributed by atoms with E-state index in [9.17, 15) is 14.4 Å². The van der Waals surface area contributed by atoms with Crippen molar-refractivity contribution in [2.45, 2.75) is 57.1 Å². The molecular formula is C31H33N5O4. The Kier molecular flexibility index (Phi) is 7.57. The van der Waals surface area contributed by atoms with Gasteiger partial charge in [0.1, 0.15) is 17.9 Å². The standard InChI is InChI=1S/C31H33N5O4/c37-29-12-11-27(30(38)34-29)36-18-22-16-24(9-10-25(22)31(36)39)40-28-20-35(19-23-8-4-5-14-32-23)15-13-26(28)33-17-21-6-2-1-3-7-21/h1-10,14,16,26-28,33H,11-13,15,17-20H2,(H,34,37,38). The number of pyridine rings is 1. The molecule has 9 heteroatoms. The van der Waals surface area contributed by atoms with E-state index >= 15 is 0 Å². The molecule has 3 atom stereocenters. The zero-order valence-corrected chi connectivity index (χ0v) is 22.3. The average Bonchev–Trinajstić information content (AvgIpc) is 3.29. The fourth-order valence-electron chi connectivity index (χ4n) is 5.84. The van der Waals surface area contributed by atoms with Crippen LogP contribution in [0.1, 0.15) is 46.4 Å². The zero-order valence-electron chi connectivity index (χ0n) is 22.3. The third-order valence-electron chi connectivity index (χ3n) is 7.95. The number of benzene rings is 2. The molecule has 2 saturated heterocycles. The maximum absolute atomic E-state index is 13.1. The van der Waals surface area contributed by atoms with Crippen LogP contribution in [0, 0.1) is 0 Å². The molecule has 40 heavy (non-hydrogen) atoms. The van der Waals surface area contributed by atoms with Crippen LogP contribution in [0.5, 0.6) is 5.75 Å². The van der Waals surface area contributed by atoms with Gasteiger partial charge in [-0.2, -0.15) is 0 Å². The number of amides is 3. The highest BCUT2D eigenvalue weighted by molar-refractivity contribution is 6.05. The molecule has 2 aromatic carbocycles. The molecule has 3 aromatic rings. The van der Waals surface area contributed by atoms with Crippen LogP contribution < -0.4 is 15.4 Å². The zero-order chi connectivity index (χ0) is 27.5. The number of fused-ring (bicyclic) bond motifs is 1. The van der Waals surface area contributed by atoms with Gasteiger partial charge in [0.05, 0.1) is 5.69 Å². The van der Waals surface area contributed by atoms with E-state index in [0.29, 0.717) is 24.3 Å². The first-order chi connectivity index (χ1) is 19.5. The fraction of sp³-hybridized carbons (Fsp3) is 0.355. The van der Waals surface area contributed by atoms with Crippen LogP contribution >= 0.6 is 0 Å². The molecule has 0 spiro atoms. The SMILES string of the molecule is O=C1CCC(N2Cc3cc(OC4CN(Cc5ccccn5)CCC4NCc4ccccc4)ccc3C2=O)C(=O)N1. The van der Waals surface area contributed by atoms with Crippen LogP contribution in [0.2, 0.25) is 0 Å². The Morgan fingerprint density at radius 1 is 1.00 bits per heavy atom. The molecule has 3 unspecified atom stereocenters. The molecule has 2 N–H and O–H groups in total. The van der Waals surface area contributed by atoms with Gasteiger partial charge in [0.15, 0.2) is 0 Å². The minimum atomic E-state index is -0.632. The van der Waals surface area contributed by atoms with Crippen molar-refractivity contribution in [1.82, 2.24) is 25.4 Å². The van der Waals surface area contributed by atoms with E-state index < -0.39 is 11.9 Å². The molecule has 0 bridgehead atoms. The number of carbonyl (C=O) groups is 3. The van der Waals surface area contributed by atoms with Gasteiger partial charge in [-0.05, 0) is 54.3 Å². The van der Waals surface area contributed by atoms with E-state index in [1.54, 1.807) is 11.0 Å². The number of nitrogens with zero attached hydrogens (tertiary/aromatic N) is 3. The molecule has 3 amide bonds. The first kappa shape index (κ1) is 26.2. The van der Waals surface area contributed by atoms with Crippen LogP contribution in [-0.2, 0) is 29.2 Å². The van der Waals surface area contributed by atoms with Crippen molar-refractivity contribution < 1.29 is 19.1 Å². The molecule has 0 saturated carbocycles. The van der Waals surface area contributed by atoms with Crippen molar-refractivity contribution in [3.63, 3.8) is 0 Å². The summed E-state index contributed by atoms with van der Waals surface area (Å²) in [6.45, 7) is 3.50. The number of piperidine rings is 2. The summed E-state index contributed by atoms with van der Waals surface area (Å²) in [5.41, 5.74) is 3.67. The van der Waals surface area contributed by atoms with Gasteiger partial charge >= 0.3 is 0 Å². The van der Waals surface area contributed by atoms with Gasteiger partial charge < -0.3 is 15.0 Å². The van der Waals surface area contributed by atoms with E-state index in [0.717, 1.165) is 43.9 Å². The highest BCUT2D eigenvalue weighted by Gasteiger charge is 2.39. The second kappa shape index (κ2) is 11.6. The molecule has 1 aromatic heterocycles. The summed E-state index contributed by atoms with van der Waals surface area (Å²) < 4.78 is 6.62. The number of hydrogen-bond acceptors (Lipinski definition) is 7. The van der Waals surface area contributed by atoms with E-state index in [-0.39, 0.29) is 30.4 Å². The van der Waals surface area contributed by atoms with Gasteiger partial charge in [-0.25, -0.2) is 0 Å². The Balaban J connectivity index is 1.17. The summed E-state index contributed by atoms with van der Waals surface area (Å²) in [4.78, 5) is 45.5. The van der Waals surface area contributed by atoms with Gasteiger partial charge in [-0.15, -0.1) is 0 Å². The third-order valence-corrected chi connectivity index (χ3v) is 7.95. The van der Waals surface area contributed by atoms with Crippen molar-refractivity contribution in [2.75, 3.05) is 13.1 Å². The lowest BCUT2D eigenvalue weighted by Gasteiger charge is -2.39. The molecule has 9 nitrogen and oxygen atoms in total. The summed E-state index contributed by atoms with van der Waals surface area (Å²) >= 11 is 0. The maximum atomic E-state index is 13.1. The average molecular weight is 540 g/mol. The smallest absolute Gasteiger partial charge is 0.255 e. The lowest BCUT2D eigenvalue weighted by Crippen LogP contribution is -2.54. The summed E-state index contributed by atoms with van der Waals surface area (Å²) in [6.07, 6.45) is 3.22. The molecule has 0 radical (unpaired) electrons.